The number of aliphatic hydroxyl groups is 1. The SMILES string of the molecule is CC[C@@H](O)CCNc1ncc(C(=O)Nc2ccc(OC(F)(F)Cl)cc2)cc1-c1ccn[nH]1. The molecule has 8 nitrogen and oxygen atoms in total. The van der Waals surface area contributed by atoms with Crippen molar-refractivity contribution in [2.45, 2.75) is 31.4 Å². The Morgan fingerprint density at radius 2 is 2.06 bits per heavy atom. The summed E-state index contributed by atoms with van der Waals surface area (Å²) >= 11 is 4.74. The van der Waals surface area contributed by atoms with Gasteiger partial charge in [-0.25, -0.2) is 4.98 Å². The second-order valence-corrected chi connectivity index (χ2v) is 7.33. The second kappa shape index (κ2) is 10.4. The number of rotatable bonds is 10. The van der Waals surface area contributed by atoms with E-state index >= 15 is 0 Å². The van der Waals surface area contributed by atoms with Crippen LogP contribution in [0.3, 0.4) is 0 Å². The van der Waals surface area contributed by atoms with Gasteiger partial charge in [0.2, 0.25) is 0 Å². The number of aromatic amines is 1. The minimum absolute atomic E-state index is 0.144. The van der Waals surface area contributed by atoms with Gasteiger partial charge in [-0.3, -0.25) is 9.89 Å². The molecule has 4 N–H and O–H groups in total. The fourth-order valence-corrected chi connectivity index (χ4v) is 2.93. The lowest BCUT2D eigenvalue weighted by atomic mass is 10.1. The third kappa shape index (κ3) is 6.63. The number of nitrogens with one attached hydrogen (secondary N) is 3. The van der Waals surface area contributed by atoms with Crippen LogP contribution in [0.1, 0.15) is 30.1 Å². The summed E-state index contributed by atoms with van der Waals surface area (Å²) in [6, 6.07) is 8.74. The van der Waals surface area contributed by atoms with Crippen molar-refractivity contribution in [3.05, 3.63) is 54.4 Å². The summed E-state index contributed by atoms with van der Waals surface area (Å²) in [6.45, 7) is 2.41. The summed E-state index contributed by atoms with van der Waals surface area (Å²) in [4.78, 5) is 17.1. The molecule has 2 aromatic heterocycles. The standard InChI is InChI=1S/C21H22ClF2N5O3/c1-2-15(30)7-9-25-19-17(18-8-10-27-29-18)11-13(12-26-19)20(31)28-14-3-5-16(6-4-14)32-21(22,23)24/h3-6,8,10-12,15,30H,2,7,9H2,1H3,(H,25,26)(H,27,29)(H,28,31)/t15-/m1/s1. The van der Waals surface area contributed by atoms with Crippen molar-refractivity contribution in [3.8, 4) is 17.0 Å². The smallest absolute Gasteiger partial charge is 0.420 e. The highest BCUT2D eigenvalue weighted by Crippen LogP contribution is 2.27. The van der Waals surface area contributed by atoms with E-state index in [1.54, 1.807) is 18.3 Å². The van der Waals surface area contributed by atoms with Crippen molar-refractivity contribution >= 4 is 29.0 Å². The largest absolute Gasteiger partial charge is 0.487 e. The number of carbonyl (C=O) groups is 1. The molecule has 0 aliphatic heterocycles. The number of hydrogen-bond acceptors (Lipinski definition) is 6. The molecular weight excluding hydrogens is 444 g/mol. The third-order valence-corrected chi connectivity index (χ3v) is 4.60. The van der Waals surface area contributed by atoms with Crippen LogP contribution >= 0.6 is 11.6 Å². The number of aliphatic hydroxyl groups excluding tert-OH is 1. The van der Waals surface area contributed by atoms with E-state index in [1.165, 1.54) is 30.5 Å². The van der Waals surface area contributed by atoms with Gasteiger partial charge >= 0.3 is 5.57 Å². The summed E-state index contributed by atoms with van der Waals surface area (Å²) in [5.74, 6) is -0.0463. The zero-order valence-corrected chi connectivity index (χ0v) is 17.9. The van der Waals surface area contributed by atoms with Gasteiger partial charge in [-0.15, -0.1) is 8.78 Å². The molecule has 0 fully saturated rings. The number of carbonyl (C=O) groups excluding carboxylic acids is 1. The predicted molar refractivity (Wildman–Crippen MR) is 117 cm³/mol. The van der Waals surface area contributed by atoms with E-state index in [9.17, 15) is 18.7 Å². The molecule has 1 amide bonds. The second-order valence-electron chi connectivity index (χ2n) is 6.89. The highest BCUT2D eigenvalue weighted by molar-refractivity contribution is 6.20. The maximum Gasteiger partial charge on any atom is 0.487 e. The van der Waals surface area contributed by atoms with Gasteiger partial charge in [0.25, 0.3) is 5.91 Å². The lowest BCUT2D eigenvalue weighted by molar-refractivity contribution is -0.0964. The molecule has 11 heteroatoms. The van der Waals surface area contributed by atoms with Crippen molar-refractivity contribution in [3.63, 3.8) is 0 Å². The Hall–Kier alpha value is -3.24. The van der Waals surface area contributed by atoms with Crippen LogP contribution in [0.2, 0.25) is 0 Å². The van der Waals surface area contributed by atoms with Crippen LogP contribution in [0.15, 0.2) is 48.8 Å². The van der Waals surface area contributed by atoms with Gasteiger partial charge in [-0.1, -0.05) is 6.92 Å². The lowest BCUT2D eigenvalue weighted by Crippen LogP contribution is -2.16. The Morgan fingerprint density at radius 1 is 1.31 bits per heavy atom. The zero-order valence-electron chi connectivity index (χ0n) is 17.1. The Morgan fingerprint density at radius 3 is 2.69 bits per heavy atom. The van der Waals surface area contributed by atoms with Crippen LogP contribution in [0, 0.1) is 0 Å². The van der Waals surface area contributed by atoms with Crippen LogP contribution in [0.25, 0.3) is 11.3 Å². The van der Waals surface area contributed by atoms with Crippen molar-refractivity contribution in [2.75, 3.05) is 17.2 Å². The topological polar surface area (TPSA) is 112 Å². The van der Waals surface area contributed by atoms with Crippen LogP contribution in [-0.4, -0.2) is 44.4 Å². The zero-order chi connectivity index (χ0) is 23.1. The van der Waals surface area contributed by atoms with Crippen molar-refractivity contribution in [2.24, 2.45) is 0 Å². The van der Waals surface area contributed by atoms with Crippen molar-refractivity contribution in [1.29, 1.82) is 0 Å². The normalized spacial score (nSPS) is 12.3. The van der Waals surface area contributed by atoms with E-state index in [1.807, 2.05) is 6.92 Å². The number of halogens is 3. The summed E-state index contributed by atoms with van der Waals surface area (Å²) in [5.41, 5.74) is -1.87. The monoisotopic (exact) mass is 465 g/mol. The van der Waals surface area contributed by atoms with E-state index in [4.69, 9.17) is 11.6 Å². The molecule has 0 aliphatic carbocycles. The van der Waals surface area contributed by atoms with Gasteiger partial charge in [-0.2, -0.15) is 5.10 Å². The summed E-state index contributed by atoms with van der Waals surface area (Å²) < 4.78 is 29.7. The number of nitrogens with zero attached hydrogens (tertiary/aromatic N) is 2. The number of amides is 1. The number of aromatic nitrogens is 3. The third-order valence-electron chi connectivity index (χ3n) is 4.53. The first kappa shape index (κ1) is 23.4. The Labute approximate surface area is 188 Å². The van der Waals surface area contributed by atoms with Gasteiger partial charge in [0.15, 0.2) is 0 Å². The van der Waals surface area contributed by atoms with Gasteiger partial charge in [0.05, 0.1) is 17.4 Å². The lowest BCUT2D eigenvalue weighted by Gasteiger charge is -2.14. The van der Waals surface area contributed by atoms with Gasteiger partial charge in [0, 0.05) is 41.8 Å². The summed E-state index contributed by atoms with van der Waals surface area (Å²) in [7, 11) is 0. The number of ether oxygens (including phenoxy) is 1. The molecule has 170 valence electrons. The molecule has 0 saturated heterocycles. The fraction of sp³-hybridized carbons (Fsp3) is 0.286. The van der Waals surface area contributed by atoms with Crippen LogP contribution in [0.4, 0.5) is 20.3 Å². The molecule has 0 unspecified atom stereocenters. The summed E-state index contributed by atoms with van der Waals surface area (Å²) in [5, 5.41) is 22.4. The Balaban J connectivity index is 1.74. The molecule has 0 spiro atoms. The maximum absolute atomic E-state index is 12.7. The first-order chi connectivity index (χ1) is 15.2. The Kier molecular flexibility index (Phi) is 7.60. The van der Waals surface area contributed by atoms with E-state index in [0.717, 1.165) is 0 Å². The average molecular weight is 466 g/mol. The quantitative estimate of drug-likeness (QED) is 0.329. The molecule has 0 bridgehead atoms. The molecule has 32 heavy (non-hydrogen) atoms. The minimum Gasteiger partial charge on any atom is -0.420 e. The van der Waals surface area contributed by atoms with Gasteiger partial charge in [0.1, 0.15) is 11.6 Å². The highest BCUT2D eigenvalue weighted by atomic mass is 35.5. The number of alkyl halides is 3. The number of H-pyrrole nitrogens is 1. The van der Waals surface area contributed by atoms with Crippen LogP contribution in [-0.2, 0) is 0 Å². The van der Waals surface area contributed by atoms with E-state index in [-0.39, 0.29) is 11.3 Å². The predicted octanol–water partition coefficient (Wildman–Crippen LogP) is 4.46. The molecule has 0 aliphatic rings. The number of pyridine rings is 1. The molecule has 1 atom stereocenters. The van der Waals surface area contributed by atoms with Crippen LogP contribution < -0.4 is 15.4 Å². The number of hydrogen-bond donors (Lipinski definition) is 4. The molecule has 3 rings (SSSR count). The van der Waals surface area contributed by atoms with E-state index in [0.29, 0.717) is 42.1 Å². The molecule has 2 heterocycles. The molecule has 1 aromatic carbocycles. The molecule has 0 saturated carbocycles. The first-order valence-corrected chi connectivity index (χ1v) is 10.2. The molecule has 0 radical (unpaired) electrons. The van der Waals surface area contributed by atoms with Crippen molar-refractivity contribution in [1.82, 2.24) is 15.2 Å². The summed E-state index contributed by atoms with van der Waals surface area (Å²) in [6.07, 6.45) is 3.80. The number of benzene rings is 1. The fourth-order valence-electron chi connectivity index (χ4n) is 2.85. The van der Waals surface area contributed by atoms with E-state index in [2.05, 4.69) is 30.6 Å². The minimum atomic E-state index is -3.82. The van der Waals surface area contributed by atoms with E-state index < -0.39 is 17.6 Å². The average Bonchev–Trinajstić information content (AvgIpc) is 3.29. The number of anilines is 2. The van der Waals surface area contributed by atoms with Gasteiger partial charge in [-0.05, 0) is 49.2 Å². The molecular formula is C21H22ClF2N5O3. The maximum atomic E-state index is 12.7. The van der Waals surface area contributed by atoms with Crippen molar-refractivity contribution < 1.29 is 23.4 Å². The Bertz CT molecular complexity index is 1030. The first-order valence-electron chi connectivity index (χ1n) is 9.84. The van der Waals surface area contributed by atoms with Gasteiger partial charge < -0.3 is 20.5 Å². The highest BCUT2D eigenvalue weighted by Gasteiger charge is 2.27. The van der Waals surface area contributed by atoms with Crippen LogP contribution in [0.5, 0.6) is 5.75 Å². The molecule has 3 aromatic rings.